The van der Waals surface area contributed by atoms with Gasteiger partial charge in [-0.25, -0.2) is 4.79 Å². The minimum atomic E-state index is -0.285. The summed E-state index contributed by atoms with van der Waals surface area (Å²) in [5.41, 5.74) is 3.92. The summed E-state index contributed by atoms with van der Waals surface area (Å²) >= 11 is 0. The summed E-state index contributed by atoms with van der Waals surface area (Å²) in [7, 11) is 0. The second-order valence-corrected chi connectivity index (χ2v) is 7.76. The lowest BCUT2D eigenvalue weighted by Crippen LogP contribution is -2.50. The molecule has 0 bridgehead atoms. The lowest BCUT2D eigenvalue weighted by molar-refractivity contribution is 0.0560. The van der Waals surface area contributed by atoms with Crippen LogP contribution in [0.5, 0.6) is 0 Å². The van der Waals surface area contributed by atoms with Crippen LogP contribution in [0.4, 0.5) is 4.79 Å². The van der Waals surface area contributed by atoms with Gasteiger partial charge >= 0.3 is 6.09 Å². The molecule has 6 heteroatoms. The molecule has 0 atom stereocenters. The molecule has 0 radical (unpaired) electrons. The van der Waals surface area contributed by atoms with Crippen LogP contribution in [0, 0.1) is 6.92 Å². The van der Waals surface area contributed by atoms with Crippen LogP contribution >= 0.6 is 0 Å². The van der Waals surface area contributed by atoms with Gasteiger partial charge in [-0.15, -0.1) is 0 Å². The number of fused-ring (bicyclic) bond motifs is 1. The van der Waals surface area contributed by atoms with E-state index in [1.807, 2.05) is 30.0 Å². The molecule has 2 aromatic rings. The van der Waals surface area contributed by atoms with Crippen molar-refractivity contribution in [3.63, 3.8) is 0 Å². The number of nitrogens with zero attached hydrogens (tertiary/aromatic N) is 3. The molecule has 4 rings (SSSR count). The molecule has 0 spiro atoms. The molecule has 1 saturated carbocycles. The van der Waals surface area contributed by atoms with Crippen LogP contribution in [0.2, 0.25) is 0 Å². The van der Waals surface area contributed by atoms with E-state index in [-0.39, 0.29) is 12.0 Å². The maximum absolute atomic E-state index is 13.0. The van der Waals surface area contributed by atoms with Gasteiger partial charge in [0.1, 0.15) is 0 Å². The number of rotatable bonds is 4. The molecule has 2 heterocycles. The van der Waals surface area contributed by atoms with E-state index in [9.17, 15) is 9.59 Å². The van der Waals surface area contributed by atoms with Crippen LogP contribution in [0.25, 0.3) is 10.9 Å². The first-order valence-corrected chi connectivity index (χ1v) is 10.2. The number of ether oxygens (including phenoxy) is 1. The Morgan fingerprint density at radius 3 is 2.50 bits per heavy atom. The van der Waals surface area contributed by atoms with E-state index in [0.717, 1.165) is 23.0 Å². The molecule has 2 aliphatic rings. The van der Waals surface area contributed by atoms with Crippen molar-refractivity contribution in [3.05, 3.63) is 41.1 Å². The summed E-state index contributed by atoms with van der Waals surface area (Å²) < 4.78 is 5.18. The average Bonchev–Trinajstić information content (AvgIpc) is 3.56. The summed E-state index contributed by atoms with van der Waals surface area (Å²) in [6.07, 6.45) is 2.94. The number of piperazine rings is 1. The lowest BCUT2D eigenvalue weighted by atomic mass is 10.0. The van der Waals surface area contributed by atoms with Gasteiger partial charge in [0.2, 0.25) is 0 Å². The molecule has 28 heavy (non-hydrogen) atoms. The highest BCUT2D eigenvalue weighted by atomic mass is 16.6. The van der Waals surface area contributed by atoms with Crippen molar-refractivity contribution in [2.45, 2.75) is 39.0 Å². The Balaban J connectivity index is 1.46. The summed E-state index contributed by atoms with van der Waals surface area (Å²) in [5.74, 6) is 0.586. The van der Waals surface area contributed by atoms with E-state index in [1.165, 1.54) is 18.4 Å². The van der Waals surface area contributed by atoms with Gasteiger partial charge in [0, 0.05) is 48.7 Å². The normalized spacial score (nSPS) is 17.1. The number of carbonyl (C=O) groups is 2. The number of aromatic nitrogens is 1. The summed E-state index contributed by atoms with van der Waals surface area (Å²) in [6.45, 7) is 6.56. The maximum Gasteiger partial charge on any atom is 0.409 e. The van der Waals surface area contributed by atoms with E-state index in [0.29, 0.717) is 44.3 Å². The predicted octanol–water partition coefficient (Wildman–Crippen LogP) is 3.73. The summed E-state index contributed by atoms with van der Waals surface area (Å²) in [4.78, 5) is 33.2. The summed E-state index contributed by atoms with van der Waals surface area (Å²) in [5, 5.41) is 1.10. The molecule has 1 aliphatic heterocycles. The monoisotopic (exact) mass is 381 g/mol. The molecule has 0 unspecified atom stereocenters. The number of benzene rings is 1. The Morgan fingerprint density at radius 1 is 1.11 bits per heavy atom. The minimum absolute atomic E-state index is 0.000228. The molecular weight excluding hydrogens is 354 g/mol. The van der Waals surface area contributed by atoms with Crippen LogP contribution in [0.1, 0.15) is 53.7 Å². The first-order chi connectivity index (χ1) is 13.6. The average molecular weight is 381 g/mol. The number of amides is 2. The molecule has 1 aromatic carbocycles. The molecule has 1 aliphatic carbocycles. The van der Waals surface area contributed by atoms with Crippen molar-refractivity contribution in [3.8, 4) is 0 Å². The standard InChI is InChI=1S/C22H27N3O3/c1-3-12-28-22(27)25-10-8-24(9-11-25)21(26)17-6-7-18-15(2)13-19(16-4-5-16)23-20(18)14-17/h6-7,13-14,16H,3-5,8-12H2,1-2H3. The highest BCUT2D eigenvalue weighted by molar-refractivity contribution is 5.98. The third-order valence-electron chi connectivity index (χ3n) is 5.53. The zero-order valence-corrected chi connectivity index (χ0v) is 16.6. The van der Waals surface area contributed by atoms with Crippen LogP contribution in [-0.4, -0.2) is 59.6 Å². The highest BCUT2D eigenvalue weighted by Crippen LogP contribution is 2.40. The van der Waals surface area contributed by atoms with Crippen molar-refractivity contribution in [2.75, 3.05) is 32.8 Å². The Morgan fingerprint density at radius 2 is 1.82 bits per heavy atom. The van der Waals surface area contributed by atoms with Crippen LogP contribution in [0.15, 0.2) is 24.3 Å². The van der Waals surface area contributed by atoms with E-state index >= 15 is 0 Å². The van der Waals surface area contributed by atoms with Gasteiger partial charge < -0.3 is 14.5 Å². The fourth-order valence-electron chi connectivity index (χ4n) is 3.71. The molecule has 0 N–H and O–H groups in total. The third-order valence-corrected chi connectivity index (χ3v) is 5.53. The molecule has 1 saturated heterocycles. The number of hydrogen-bond donors (Lipinski definition) is 0. The largest absolute Gasteiger partial charge is 0.449 e. The van der Waals surface area contributed by atoms with E-state index in [1.54, 1.807) is 4.90 Å². The van der Waals surface area contributed by atoms with Gasteiger partial charge in [-0.1, -0.05) is 13.0 Å². The van der Waals surface area contributed by atoms with Gasteiger partial charge in [-0.3, -0.25) is 9.78 Å². The summed E-state index contributed by atoms with van der Waals surface area (Å²) in [6, 6.07) is 7.98. The quantitative estimate of drug-likeness (QED) is 0.810. The van der Waals surface area contributed by atoms with Crippen LogP contribution in [0.3, 0.4) is 0 Å². The Labute approximate surface area is 165 Å². The van der Waals surface area contributed by atoms with Crippen molar-refractivity contribution in [2.24, 2.45) is 0 Å². The maximum atomic E-state index is 13.0. The minimum Gasteiger partial charge on any atom is -0.449 e. The first kappa shape index (κ1) is 18.7. The second kappa shape index (κ2) is 7.78. The van der Waals surface area contributed by atoms with Gasteiger partial charge in [0.25, 0.3) is 5.91 Å². The van der Waals surface area contributed by atoms with Gasteiger partial charge in [-0.2, -0.15) is 0 Å². The topological polar surface area (TPSA) is 62.7 Å². The smallest absolute Gasteiger partial charge is 0.409 e. The molecule has 148 valence electrons. The number of carbonyl (C=O) groups excluding carboxylic acids is 2. The molecule has 2 amide bonds. The third kappa shape index (κ3) is 3.81. The van der Waals surface area contributed by atoms with Gasteiger partial charge in [-0.05, 0) is 49.9 Å². The van der Waals surface area contributed by atoms with Crippen molar-refractivity contribution < 1.29 is 14.3 Å². The van der Waals surface area contributed by atoms with Gasteiger partial charge in [0.15, 0.2) is 0 Å². The van der Waals surface area contributed by atoms with Crippen LogP contribution < -0.4 is 0 Å². The molecule has 6 nitrogen and oxygen atoms in total. The van der Waals surface area contributed by atoms with Crippen molar-refractivity contribution in [1.82, 2.24) is 14.8 Å². The Bertz CT molecular complexity index is 899. The Hall–Kier alpha value is -2.63. The SMILES string of the molecule is CCCOC(=O)N1CCN(C(=O)c2ccc3c(C)cc(C4CC4)nc3c2)CC1. The molecular formula is C22H27N3O3. The van der Waals surface area contributed by atoms with Crippen molar-refractivity contribution >= 4 is 22.9 Å². The predicted molar refractivity (Wildman–Crippen MR) is 108 cm³/mol. The Kier molecular flexibility index (Phi) is 5.20. The molecule has 1 aromatic heterocycles. The van der Waals surface area contributed by atoms with Crippen LogP contribution in [-0.2, 0) is 4.74 Å². The van der Waals surface area contributed by atoms with E-state index < -0.39 is 0 Å². The van der Waals surface area contributed by atoms with E-state index in [4.69, 9.17) is 9.72 Å². The number of hydrogen-bond acceptors (Lipinski definition) is 4. The fraction of sp³-hybridized carbons (Fsp3) is 0.500. The number of aryl methyl sites for hydroxylation is 1. The lowest BCUT2D eigenvalue weighted by Gasteiger charge is -2.34. The zero-order valence-electron chi connectivity index (χ0n) is 16.6. The fourth-order valence-corrected chi connectivity index (χ4v) is 3.71. The first-order valence-electron chi connectivity index (χ1n) is 10.2. The highest BCUT2D eigenvalue weighted by Gasteiger charge is 2.27. The van der Waals surface area contributed by atoms with Gasteiger partial charge in [0.05, 0.1) is 12.1 Å². The van der Waals surface area contributed by atoms with Crippen molar-refractivity contribution in [1.29, 1.82) is 0 Å². The number of pyridine rings is 1. The zero-order chi connectivity index (χ0) is 19.7. The second-order valence-electron chi connectivity index (χ2n) is 7.76. The molecule has 2 fully saturated rings. The van der Waals surface area contributed by atoms with E-state index in [2.05, 4.69) is 13.0 Å².